The molecule has 0 bridgehead atoms. The minimum absolute atomic E-state index is 0.140. The molecule has 0 saturated carbocycles. The van der Waals surface area contributed by atoms with E-state index in [1.54, 1.807) is 6.07 Å². The van der Waals surface area contributed by atoms with Crippen LogP contribution in [0.25, 0.3) is 0 Å². The Labute approximate surface area is 188 Å². The number of piperidine rings is 1. The van der Waals surface area contributed by atoms with Gasteiger partial charge < -0.3 is 14.8 Å². The number of amides is 1. The van der Waals surface area contributed by atoms with Crippen molar-refractivity contribution in [2.24, 2.45) is 4.99 Å². The van der Waals surface area contributed by atoms with Gasteiger partial charge in [0.25, 0.3) is 5.91 Å². The van der Waals surface area contributed by atoms with Gasteiger partial charge in [0.1, 0.15) is 11.4 Å². The lowest BCUT2D eigenvalue weighted by Gasteiger charge is -2.36. The zero-order valence-electron chi connectivity index (χ0n) is 18.6. The summed E-state index contributed by atoms with van der Waals surface area (Å²) in [6.07, 6.45) is 0.805. The molecule has 4 rings (SSSR count). The lowest BCUT2D eigenvalue weighted by molar-refractivity contribution is -0.115. The maximum absolute atomic E-state index is 13.2. The molecule has 32 heavy (non-hydrogen) atoms. The van der Waals surface area contributed by atoms with Crippen LogP contribution < -0.4 is 14.8 Å². The SMILES string of the molecule is COc1ccc(S(=O)(=O)N2CCC3(CC2)N=C(c2ccc(C)c(C)c2)C(=O)N3)cc1OC. The highest BCUT2D eigenvalue weighted by Crippen LogP contribution is 2.34. The predicted molar refractivity (Wildman–Crippen MR) is 121 cm³/mol. The Kier molecular flexibility index (Phi) is 5.72. The Hall–Kier alpha value is -2.91. The summed E-state index contributed by atoms with van der Waals surface area (Å²) in [5.74, 6) is 0.600. The molecule has 2 aromatic rings. The first kappa shape index (κ1) is 22.3. The van der Waals surface area contributed by atoms with Gasteiger partial charge in [-0.2, -0.15) is 4.31 Å². The van der Waals surface area contributed by atoms with Crippen LogP contribution in [0.15, 0.2) is 46.3 Å². The summed E-state index contributed by atoms with van der Waals surface area (Å²) in [7, 11) is -0.755. The fourth-order valence-electron chi connectivity index (χ4n) is 4.11. The predicted octanol–water partition coefficient (Wildman–Crippen LogP) is 2.42. The molecule has 0 radical (unpaired) electrons. The number of aliphatic imine (C=N–C) groups is 1. The largest absolute Gasteiger partial charge is 0.493 e. The van der Waals surface area contributed by atoms with Crippen LogP contribution in [-0.4, -0.2) is 57.3 Å². The molecule has 1 amide bonds. The molecule has 170 valence electrons. The molecule has 0 atom stereocenters. The fourth-order valence-corrected chi connectivity index (χ4v) is 5.56. The molecule has 1 saturated heterocycles. The Morgan fingerprint density at radius 1 is 0.969 bits per heavy atom. The van der Waals surface area contributed by atoms with Crippen molar-refractivity contribution in [2.75, 3.05) is 27.3 Å². The molecule has 1 spiro atoms. The van der Waals surface area contributed by atoms with E-state index < -0.39 is 15.7 Å². The average Bonchev–Trinajstić information content (AvgIpc) is 3.10. The van der Waals surface area contributed by atoms with E-state index in [4.69, 9.17) is 14.5 Å². The first-order valence-electron chi connectivity index (χ1n) is 10.4. The molecular weight excluding hydrogens is 430 g/mol. The highest BCUT2D eigenvalue weighted by atomic mass is 32.2. The number of ether oxygens (including phenoxy) is 2. The molecular formula is C23H27N3O5S. The molecule has 1 fully saturated rings. The second-order valence-electron chi connectivity index (χ2n) is 8.17. The highest BCUT2D eigenvalue weighted by Gasteiger charge is 2.44. The zero-order chi connectivity index (χ0) is 23.1. The van der Waals surface area contributed by atoms with Crippen LogP contribution in [0.3, 0.4) is 0 Å². The molecule has 9 heteroatoms. The summed E-state index contributed by atoms with van der Waals surface area (Å²) < 4.78 is 38.2. The van der Waals surface area contributed by atoms with Crippen molar-refractivity contribution in [1.82, 2.24) is 9.62 Å². The lowest BCUT2D eigenvalue weighted by atomic mass is 10.00. The molecule has 1 N–H and O–H groups in total. The third-order valence-corrected chi connectivity index (χ3v) is 8.10. The number of methoxy groups -OCH3 is 2. The molecule has 0 unspecified atom stereocenters. The number of rotatable bonds is 5. The highest BCUT2D eigenvalue weighted by molar-refractivity contribution is 7.89. The number of nitrogens with zero attached hydrogens (tertiary/aromatic N) is 2. The fraction of sp³-hybridized carbons (Fsp3) is 0.391. The Balaban J connectivity index is 1.54. The lowest BCUT2D eigenvalue weighted by Crippen LogP contribution is -2.52. The van der Waals surface area contributed by atoms with E-state index in [0.29, 0.717) is 30.1 Å². The Morgan fingerprint density at radius 2 is 1.66 bits per heavy atom. The van der Waals surface area contributed by atoms with Crippen LogP contribution in [0.5, 0.6) is 11.5 Å². The third kappa shape index (κ3) is 3.86. The average molecular weight is 458 g/mol. The second kappa shape index (κ2) is 8.22. The molecule has 0 aliphatic carbocycles. The Bertz CT molecular complexity index is 1200. The van der Waals surface area contributed by atoms with Gasteiger partial charge in [-0.05, 0) is 43.2 Å². The van der Waals surface area contributed by atoms with E-state index in [2.05, 4.69) is 5.32 Å². The van der Waals surface area contributed by atoms with E-state index in [0.717, 1.165) is 16.7 Å². The minimum Gasteiger partial charge on any atom is -0.493 e. The minimum atomic E-state index is -3.72. The molecule has 8 nitrogen and oxygen atoms in total. The van der Waals surface area contributed by atoms with Gasteiger partial charge in [-0.3, -0.25) is 9.79 Å². The summed E-state index contributed by atoms with van der Waals surface area (Å²) in [5.41, 5.74) is 2.66. The van der Waals surface area contributed by atoms with Crippen molar-refractivity contribution in [2.45, 2.75) is 37.2 Å². The van der Waals surface area contributed by atoms with Crippen LogP contribution in [-0.2, 0) is 14.8 Å². The van der Waals surface area contributed by atoms with E-state index in [9.17, 15) is 13.2 Å². The van der Waals surface area contributed by atoms with Crippen molar-refractivity contribution in [3.63, 3.8) is 0 Å². The summed E-state index contributed by atoms with van der Waals surface area (Å²) in [5, 5.41) is 3.00. The standard InChI is InChI=1S/C23H27N3O5S/c1-15-5-6-17(13-16(15)2)21-22(27)25-23(24-21)9-11-26(12-10-23)32(28,29)18-7-8-19(30-3)20(14-18)31-4/h5-8,13-14H,9-12H2,1-4H3,(H,25,27). The van der Waals surface area contributed by atoms with Gasteiger partial charge in [0, 0.05) is 37.6 Å². The number of benzene rings is 2. The third-order valence-electron chi connectivity index (χ3n) is 6.21. The molecule has 0 aromatic heterocycles. The van der Waals surface area contributed by atoms with Crippen LogP contribution in [0.4, 0.5) is 0 Å². The van der Waals surface area contributed by atoms with Gasteiger partial charge in [0.15, 0.2) is 11.5 Å². The van der Waals surface area contributed by atoms with Crippen LogP contribution in [0.1, 0.15) is 29.5 Å². The zero-order valence-corrected chi connectivity index (χ0v) is 19.5. The van der Waals surface area contributed by atoms with E-state index in [1.165, 1.54) is 30.7 Å². The van der Waals surface area contributed by atoms with Gasteiger partial charge in [-0.15, -0.1) is 0 Å². The number of sulfonamides is 1. The number of hydrogen-bond acceptors (Lipinski definition) is 6. The van der Waals surface area contributed by atoms with Crippen molar-refractivity contribution in [1.29, 1.82) is 0 Å². The van der Waals surface area contributed by atoms with Crippen LogP contribution in [0, 0.1) is 13.8 Å². The van der Waals surface area contributed by atoms with Crippen LogP contribution in [0.2, 0.25) is 0 Å². The quantitative estimate of drug-likeness (QED) is 0.744. The smallest absolute Gasteiger partial charge is 0.272 e. The van der Waals surface area contributed by atoms with Gasteiger partial charge in [0.2, 0.25) is 10.0 Å². The first-order valence-corrected chi connectivity index (χ1v) is 11.9. The van der Waals surface area contributed by atoms with Gasteiger partial charge in [0.05, 0.1) is 19.1 Å². The van der Waals surface area contributed by atoms with Gasteiger partial charge >= 0.3 is 0 Å². The second-order valence-corrected chi connectivity index (χ2v) is 10.1. The van der Waals surface area contributed by atoms with E-state index >= 15 is 0 Å². The normalized spacial score (nSPS) is 18.4. The summed E-state index contributed by atoms with van der Waals surface area (Å²) in [6.45, 7) is 4.52. The maximum Gasteiger partial charge on any atom is 0.272 e. The number of aryl methyl sites for hydroxylation is 2. The molecule has 2 aliphatic heterocycles. The first-order chi connectivity index (χ1) is 15.2. The topological polar surface area (TPSA) is 97.3 Å². The molecule has 2 aromatic carbocycles. The van der Waals surface area contributed by atoms with Crippen molar-refractivity contribution >= 4 is 21.6 Å². The van der Waals surface area contributed by atoms with Crippen molar-refractivity contribution in [3.05, 3.63) is 53.1 Å². The van der Waals surface area contributed by atoms with Crippen molar-refractivity contribution in [3.8, 4) is 11.5 Å². The summed E-state index contributed by atoms with van der Waals surface area (Å²) in [4.78, 5) is 17.6. The van der Waals surface area contributed by atoms with Gasteiger partial charge in [-0.25, -0.2) is 8.42 Å². The van der Waals surface area contributed by atoms with E-state index in [1.807, 2.05) is 32.0 Å². The van der Waals surface area contributed by atoms with Gasteiger partial charge in [-0.1, -0.05) is 12.1 Å². The summed E-state index contributed by atoms with van der Waals surface area (Å²) in [6, 6.07) is 10.4. The summed E-state index contributed by atoms with van der Waals surface area (Å²) >= 11 is 0. The number of carbonyl (C=O) groups excluding carboxylic acids is 1. The number of carbonyl (C=O) groups is 1. The number of hydrogen-bond donors (Lipinski definition) is 1. The monoisotopic (exact) mass is 457 g/mol. The maximum atomic E-state index is 13.2. The van der Waals surface area contributed by atoms with E-state index in [-0.39, 0.29) is 23.9 Å². The van der Waals surface area contributed by atoms with Crippen molar-refractivity contribution < 1.29 is 22.7 Å². The van der Waals surface area contributed by atoms with Crippen LogP contribution >= 0.6 is 0 Å². The molecule has 2 aliphatic rings. The number of nitrogens with one attached hydrogen (secondary N) is 1. The molecule has 2 heterocycles. The Morgan fingerprint density at radius 3 is 2.28 bits per heavy atom.